The molecule has 4 heterocycles. The predicted molar refractivity (Wildman–Crippen MR) is 129 cm³/mol. The third-order valence-corrected chi connectivity index (χ3v) is 6.31. The van der Waals surface area contributed by atoms with Crippen molar-refractivity contribution in [2.24, 2.45) is 0 Å². The molecule has 1 aliphatic carbocycles. The predicted octanol–water partition coefficient (Wildman–Crippen LogP) is 5.21. The Morgan fingerprint density at radius 1 is 1.17 bits per heavy atom. The van der Waals surface area contributed by atoms with Crippen LogP contribution < -0.4 is 5.32 Å². The highest BCUT2D eigenvalue weighted by Gasteiger charge is 2.26. The molecule has 4 aromatic heterocycles. The van der Waals surface area contributed by atoms with Gasteiger partial charge in [0, 0.05) is 18.3 Å². The van der Waals surface area contributed by atoms with Crippen molar-refractivity contribution in [1.29, 1.82) is 0 Å². The van der Waals surface area contributed by atoms with E-state index in [0.29, 0.717) is 39.4 Å². The van der Waals surface area contributed by atoms with Gasteiger partial charge in [-0.3, -0.25) is 9.20 Å². The zero-order valence-electron chi connectivity index (χ0n) is 18.6. The molecule has 1 fully saturated rings. The van der Waals surface area contributed by atoms with Gasteiger partial charge in [0.05, 0.1) is 28.3 Å². The van der Waals surface area contributed by atoms with Crippen LogP contribution in [0, 0.1) is 12.7 Å². The number of benzene rings is 1. The number of nitrogens with one attached hydrogen (secondary N) is 1. The second-order valence-electron chi connectivity index (χ2n) is 8.53. The molecule has 174 valence electrons. The number of fused-ring (bicyclic) bond motifs is 1. The zero-order valence-corrected chi connectivity index (χ0v) is 19.4. The molecule has 35 heavy (non-hydrogen) atoms. The maximum atomic E-state index is 14.8. The van der Waals surface area contributed by atoms with Gasteiger partial charge in [-0.05, 0) is 61.7 Å². The summed E-state index contributed by atoms with van der Waals surface area (Å²) >= 11 is 6.19. The lowest BCUT2D eigenvalue weighted by Crippen LogP contribution is -2.16. The number of imidazole rings is 1. The summed E-state index contributed by atoms with van der Waals surface area (Å²) in [6.07, 6.45) is 7.69. The van der Waals surface area contributed by atoms with Crippen molar-refractivity contribution in [2.75, 3.05) is 5.32 Å². The number of aromatic nitrogens is 6. The number of hydrogen-bond donors (Lipinski definition) is 1. The molecule has 0 saturated heterocycles. The number of amides is 1. The molecular weight excluding hydrogens is 469 g/mol. The Morgan fingerprint density at radius 2 is 2.03 bits per heavy atom. The van der Waals surface area contributed by atoms with Gasteiger partial charge in [0.1, 0.15) is 17.3 Å². The standard InChI is InChI=1S/C25H19ClFN7O/c1-14-10-18(27)16(11-21(14)33-12-20(28-13-33)15-7-8-15)25(35)30-22-6-2-5-19(29-22)24-32-31-23-17(26)4-3-9-34(23)24/h2-6,9-13,15H,7-8H2,1H3,(H,29,30,35). The number of hydrogen-bond acceptors (Lipinski definition) is 5. The first kappa shape index (κ1) is 21.4. The van der Waals surface area contributed by atoms with Crippen LogP contribution >= 0.6 is 11.6 Å². The summed E-state index contributed by atoms with van der Waals surface area (Å²) in [5.41, 5.74) is 3.32. The molecule has 6 rings (SSSR count). The van der Waals surface area contributed by atoms with Crippen LogP contribution in [0.1, 0.15) is 40.4 Å². The number of nitrogens with zero attached hydrogens (tertiary/aromatic N) is 6. The van der Waals surface area contributed by atoms with Crippen molar-refractivity contribution in [1.82, 2.24) is 29.1 Å². The molecule has 10 heteroatoms. The first-order valence-corrected chi connectivity index (χ1v) is 11.5. The molecular formula is C25H19ClFN7O. The number of anilines is 1. The molecule has 1 aliphatic rings. The van der Waals surface area contributed by atoms with Crippen LogP contribution in [0.2, 0.25) is 5.02 Å². The molecule has 0 atom stereocenters. The number of aryl methyl sites for hydroxylation is 1. The van der Waals surface area contributed by atoms with E-state index in [0.717, 1.165) is 18.5 Å². The van der Waals surface area contributed by atoms with Crippen molar-refractivity contribution >= 4 is 29.0 Å². The summed E-state index contributed by atoms with van der Waals surface area (Å²) in [4.78, 5) is 22.0. The Balaban J connectivity index is 1.30. The quantitative estimate of drug-likeness (QED) is 0.367. The maximum absolute atomic E-state index is 14.8. The minimum absolute atomic E-state index is 0.0841. The van der Waals surface area contributed by atoms with Crippen molar-refractivity contribution < 1.29 is 9.18 Å². The number of carbonyl (C=O) groups is 1. The van der Waals surface area contributed by atoms with Gasteiger partial charge in [-0.25, -0.2) is 14.4 Å². The van der Waals surface area contributed by atoms with Crippen LogP contribution in [-0.2, 0) is 0 Å². The third kappa shape index (κ3) is 3.93. The van der Waals surface area contributed by atoms with Crippen molar-refractivity contribution in [3.05, 3.63) is 88.8 Å². The van der Waals surface area contributed by atoms with Gasteiger partial charge in [0.15, 0.2) is 11.5 Å². The van der Waals surface area contributed by atoms with Gasteiger partial charge < -0.3 is 9.88 Å². The normalized spacial score (nSPS) is 13.3. The Kier molecular flexibility index (Phi) is 5.07. The van der Waals surface area contributed by atoms with E-state index in [1.54, 1.807) is 54.2 Å². The van der Waals surface area contributed by atoms with E-state index < -0.39 is 11.7 Å². The highest BCUT2D eigenvalue weighted by atomic mass is 35.5. The highest BCUT2D eigenvalue weighted by molar-refractivity contribution is 6.33. The summed E-state index contributed by atoms with van der Waals surface area (Å²) in [5, 5.41) is 11.4. The fourth-order valence-corrected chi connectivity index (χ4v) is 4.25. The van der Waals surface area contributed by atoms with Crippen molar-refractivity contribution in [2.45, 2.75) is 25.7 Å². The molecule has 1 saturated carbocycles. The second kappa shape index (κ2) is 8.28. The van der Waals surface area contributed by atoms with Gasteiger partial charge >= 0.3 is 0 Å². The Morgan fingerprint density at radius 3 is 2.86 bits per heavy atom. The summed E-state index contributed by atoms with van der Waals surface area (Å²) in [6.45, 7) is 1.80. The smallest absolute Gasteiger partial charge is 0.259 e. The van der Waals surface area contributed by atoms with Gasteiger partial charge in [-0.15, -0.1) is 10.2 Å². The van der Waals surface area contributed by atoms with Gasteiger partial charge in [-0.1, -0.05) is 17.7 Å². The van der Waals surface area contributed by atoms with Crippen LogP contribution in [0.4, 0.5) is 10.2 Å². The number of rotatable bonds is 5. The summed E-state index contributed by atoms with van der Waals surface area (Å²) in [6, 6.07) is 11.5. The summed E-state index contributed by atoms with van der Waals surface area (Å²) in [7, 11) is 0. The molecule has 1 aromatic carbocycles. The largest absolute Gasteiger partial charge is 0.306 e. The molecule has 0 unspecified atom stereocenters. The summed E-state index contributed by atoms with van der Waals surface area (Å²) < 4.78 is 18.4. The molecule has 1 N–H and O–H groups in total. The van der Waals surface area contributed by atoms with Crippen LogP contribution in [0.3, 0.4) is 0 Å². The number of halogens is 2. The maximum Gasteiger partial charge on any atom is 0.259 e. The Bertz CT molecular complexity index is 1600. The Hall–Kier alpha value is -4.11. The monoisotopic (exact) mass is 487 g/mol. The Labute approximate surface area is 204 Å². The van der Waals surface area contributed by atoms with Crippen LogP contribution in [-0.4, -0.2) is 35.0 Å². The molecule has 5 aromatic rings. The molecule has 0 spiro atoms. The topological polar surface area (TPSA) is 90.0 Å². The lowest BCUT2D eigenvalue weighted by atomic mass is 10.1. The highest BCUT2D eigenvalue weighted by Crippen LogP contribution is 2.39. The second-order valence-corrected chi connectivity index (χ2v) is 8.94. The average molecular weight is 488 g/mol. The average Bonchev–Trinajstić information content (AvgIpc) is 3.40. The number of pyridine rings is 2. The van der Waals surface area contributed by atoms with Crippen LogP contribution in [0.5, 0.6) is 0 Å². The SMILES string of the molecule is Cc1cc(F)c(C(=O)Nc2cccc(-c3nnc4c(Cl)cccn34)n2)cc1-n1cnc(C2CC2)c1. The van der Waals surface area contributed by atoms with E-state index in [-0.39, 0.29) is 11.4 Å². The minimum atomic E-state index is -0.611. The molecule has 1 amide bonds. The molecule has 0 radical (unpaired) electrons. The van der Waals surface area contributed by atoms with Gasteiger partial charge in [-0.2, -0.15) is 0 Å². The molecule has 8 nitrogen and oxygen atoms in total. The fraction of sp³-hybridized carbons (Fsp3) is 0.160. The first-order chi connectivity index (χ1) is 17.0. The van der Waals surface area contributed by atoms with Gasteiger partial charge in [0.25, 0.3) is 5.91 Å². The van der Waals surface area contributed by atoms with E-state index in [1.807, 2.05) is 10.8 Å². The minimum Gasteiger partial charge on any atom is -0.306 e. The molecule has 0 bridgehead atoms. The van der Waals surface area contributed by atoms with Crippen LogP contribution in [0.15, 0.2) is 61.2 Å². The first-order valence-electron chi connectivity index (χ1n) is 11.1. The third-order valence-electron chi connectivity index (χ3n) is 6.01. The van der Waals surface area contributed by atoms with E-state index in [1.165, 1.54) is 12.1 Å². The number of carbonyl (C=O) groups excluding carboxylic acids is 1. The van der Waals surface area contributed by atoms with E-state index in [4.69, 9.17) is 11.6 Å². The zero-order chi connectivity index (χ0) is 24.1. The van der Waals surface area contributed by atoms with Gasteiger partial charge in [0.2, 0.25) is 0 Å². The lowest BCUT2D eigenvalue weighted by Gasteiger charge is -2.11. The van der Waals surface area contributed by atoms with Crippen molar-refractivity contribution in [3.8, 4) is 17.2 Å². The van der Waals surface area contributed by atoms with E-state index in [9.17, 15) is 9.18 Å². The summed E-state index contributed by atoms with van der Waals surface area (Å²) in [5.74, 6) is 0.00240. The lowest BCUT2D eigenvalue weighted by molar-refractivity contribution is 0.102. The fourth-order valence-electron chi connectivity index (χ4n) is 4.04. The van der Waals surface area contributed by atoms with Crippen LogP contribution in [0.25, 0.3) is 22.9 Å². The van der Waals surface area contributed by atoms with Crippen molar-refractivity contribution in [3.63, 3.8) is 0 Å². The molecule has 0 aliphatic heterocycles. The van der Waals surface area contributed by atoms with E-state index >= 15 is 0 Å². The van der Waals surface area contributed by atoms with E-state index in [2.05, 4.69) is 25.5 Å².